The summed E-state index contributed by atoms with van der Waals surface area (Å²) in [6.07, 6.45) is 0. The molecule has 0 unspecified atom stereocenters. The fraction of sp³-hybridized carbons (Fsp3) is 0.455. The van der Waals surface area contributed by atoms with Crippen molar-refractivity contribution in [2.24, 2.45) is 5.41 Å². The maximum absolute atomic E-state index is 13.4. The highest BCUT2D eigenvalue weighted by Gasteiger charge is 2.26. The SMILES string of the molecule is CC(C)(CO)CNS(=O)(=O)c1ccc(F)c(F)c1F. The van der Waals surface area contributed by atoms with Crippen molar-refractivity contribution in [3.8, 4) is 0 Å². The second-order valence-corrected chi connectivity index (χ2v) is 6.56. The molecule has 0 saturated heterocycles. The van der Waals surface area contributed by atoms with E-state index in [2.05, 4.69) is 0 Å². The molecule has 0 aliphatic heterocycles. The van der Waals surface area contributed by atoms with Crippen molar-refractivity contribution >= 4 is 10.0 Å². The van der Waals surface area contributed by atoms with Crippen molar-refractivity contribution in [2.45, 2.75) is 18.7 Å². The molecule has 8 heteroatoms. The lowest BCUT2D eigenvalue weighted by atomic mass is 9.96. The van der Waals surface area contributed by atoms with Crippen LogP contribution < -0.4 is 4.72 Å². The topological polar surface area (TPSA) is 66.4 Å². The van der Waals surface area contributed by atoms with Gasteiger partial charge in [-0.05, 0) is 12.1 Å². The van der Waals surface area contributed by atoms with Crippen molar-refractivity contribution in [2.75, 3.05) is 13.2 Å². The molecule has 0 spiro atoms. The molecule has 0 aliphatic carbocycles. The molecule has 0 heterocycles. The summed E-state index contributed by atoms with van der Waals surface area (Å²) < 4.78 is 64.6. The van der Waals surface area contributed by atoms with Gasteiger partial charge in [0, 0.05) is 18.6 Å². The molecular weight excluding hydrogens is 283 g/mol. The fourth-order valence-electron chi connectivity index (χ4n) is 1.14. The monoisotopic (exact) mass is 297 g/mol. The molecule has 1 aromatic rings. The van der Waals surface area contributed by atoms with Crippen LogP contribution in [0, 0.1) is 22.9 Å². The summed E-state index contributed by atoms with van der Waals surface area (Å²) in [5.74, 6) is -5.08. The molecule has 4 nitrogen and oxygen atoms in total. The van der Waals surface area contributed by atoms with E-state index in [1.807, 2.05) is 4.72 Å². The standard InChI is InChI=1S/C11H14F3NO3S/c1-11(2,6-16)5-15-19(17,18)8-4-3-7(12)9(13)10(8)14/h3-4,15-16H,5-6H2,1-2H3. The van der Waals surface area contributed by atoms with Gasteiger partial charge in [0.1, 0.15) is 4.90 Å². The Hall–Kier alpha value is -1.12. The van der Waals surface area contributed by atoms with E-state index in [4.69, 9.17) is 5.11 Å². The summed E-state index contributed by atoms with van der Waals surface area (Å²) in [6.45, 7) is 2.69. The van der Waals surface area contributed by atoms with Crippen molar-refractivity contribution in [1.82, 2.24) is 4.72 Å². The zero-order chi connectivity index (χ0) is 14.8. The van der Waals surface area contributed by atoms with E-state index in [9.17, 15) is 21.6 Å². The van der Waals surface area contributed by atoms with E-state index in [1.165, 1.54) is 0 Å². The van der Waals surface area contributed by atoms with Crippen molar-refractivity contribution in [1.29, 1.82) is 0 Å². The van der Waals surface area contributed by atoms with Gasteiger partial charge in [-0.1, -0.05) is 13.8 Å². The highest BCUT2D eigenvalue weighted by atomic mass is 32.2. The number of rotatable bonds is 5. The third-order valence-corrected chi connectivity index (χ3v) is 3.88. The molecule has 0 aromatic heterocycles. The van der Waals surface area contributed by atoms with Crippen LogP contribution in [0.2, 0.25) is 0 Å². The second kappa shape index (κ2) is 5.48. The lowest BCUT2D eigenvalue weighted by Crippen LogP contribution is -2.36. The summed E-state index contributed by atoms with van der Waals surface area (Å²) >= 11 is 0. The van der Waals surface area contributed by atoms with Crippen LogP contribution in [0.5, 0.6) is 0 Å². The van der Waals surface area contributed by atoms with Gasteiger partial charge >= 0.3 is 0 Å². The van der Waals surface area contributed by atoms with Crippen LogP contribution in [0.1, 0.15) is 13.8 Å². The minimum absolute atomic E-state index is 0.176. The molecular formula is C11H14F3NO3S. The number of sulfonamides is 1. The largest absolute Gasteiger partial charge is 0.396 e. The predicted octanol–water partition coefficient (Wildman–Crippen LogP) is 1.40. The van der Waals surface area contributed by atoms with Gasteiger partial charge in [0.2, 0.25) is 10.0 Å². The Kier molecular flexibility index (Phi) is 4.59. The highest BCUT2D eigenvalue weighted by molar-refractivity contribution is 7.89. The lowest BCUT2D eigenvalue weighted by Gasteiger charge is -2.21. The molecule has 2 N–H and O–H groups in total. The lowest BCUT2D eigenvalue weighted by molar-refractivity contribution is 0.163. The Morgan fingerprint density at radius 3 is 2.32 bits per heavy atom. The maximum atomic E-state index is 13.4. The summed E-state index contributed by atoms with van der Waals surface area (Å²) in [5, 5.41) is 8.98. The third kappa shape index (κ3) is 3.68. The van der Waals surface area contributed by atoms with Crippen molar-refractivity contribution in [3.63, 3.8) is 0 Å². The number of aliphatic hydroxyl groups is 1. The molecule has 0 radical (unpaired) electrons. The number of aliphatic hydroxyl groups excluding tert-OH is 1. The van der Waals surface area contributed by atoms with Gasteiger partial charge in [-0.15, -0.1) is 0 Å². The van der Waals surface area contributed by atoms with Gasteiger partial charge < -0.3 is 5.11 Å². The summed E-state index contributed by atoms with van der Waals surface area (Å²) in [7, 11) is -4.32. The van der Waals surface area contributed by atoms with Gasteiger partial charge in [0.05, 0.1) is 0 Å². The Labute approximate surface area is 109 Å². The van der Waals surface area contributed by atoms with E-state index in [-0.39, 0.29) is 13.2 Å². The van der Waals surface area contributed by atoms with Gasteiger partial charge in [-0.2, -0.15) is 0 Å². The van der Waals surface area contributed by atoms with Crippen molar-refractivity contribution < 1.29 is 26.7 Å². The summed E-state index contributed by atoms with van der Waals surface area (Å²) in [6, 6.07) is 1.17. The normalized spacial score (nSPS) is 12.7. The summed E-state index contributed by atoms with van der Waals surface area (Å²) in [5.41, 5.74) is -0.762. The fourth-order valence-corrected chi connectivity index (χ4v) is 2.45. The molecule has 0 atom stereocenters. The quantitative estimate of drug-likeness (QED) is 0.807. The average molecular weight is 297 g/mol. The van der Waals surface area contributed by atoms with Gasteiger partial charge in [-0.3, -0.25) is 0 Å². The zero-order valence-electron chi connectivity index (χ0n) is 10.4. The first-order valence-electron chi connectivity index (χ1n) is 5.35. The third-order valence-electron chi connectivity index (χ3n) is 2.46. The highest BCUT2D eigenvalue weighted by Crippen LogP contribution is 2.20. The molecule has 0 bridgehead atoms. The Balaban J connectivity index is 3.06. The number of hydrogen-bond acceptors (Lipinski definition) is 3. The molecule has 0 aliphatic rings. The van der Waals surface area contributed by atoms with Crippen molar-refractivity contribution in [3.05, 3.63) is 29.6 Å². The minimum atomic E-state index is -4.32. The number of hydrogen-bond donors (Lipinski definition) is 2. The number of benzene rings is 1. The first-order chi connectivity index (χ1) is 8.60. The molecule has 0 saturated carbocycles. The molecule has 108 valence electrons. The van der Waals surface area contributed by atoms with Crippen LogP contribution in [-0.2, 0) is 10.0 Å². The Bertz CT molecular complexity index is 573. The van der Waals surface area contributed by atoms with Crippen LogP contribution in [0.15, 0.2) is 17.0 Å². The van der Waals surface area contributed by atoms with Crippen LogP contribution in [-0.4, -0.2) is 26.7 Å². The zero-order valence-corrected chi connectivity index (χ0v) is 11.2. The Morgan fingerprint density at radius 2 is 1.79 bits per heavy atom. The van der Waals surface area contributed by atoms with Crippen LogP contribution in [0.25, 0.3) is 0 Å². The Morgan fingerprint density at radius 1 is 1.21 bits per heavy atom. The molecule has 19 heavy (non-hydrogen) atoms. The van der Waals surface area contributed by atoms with Gasteiger partial charge in [-0.25, -0.2) is 26.3 Å². The van der Waals surface area contributed by atoms with E-state index in [1.54, 1.807) is 13.8 Å². The molecule has 0 fully saturated rings. The molecule has 1 rings (SSSR count). The second-order valence-electron chi connectivity index (χ2n) is 4.82. The van der Waals surface area contributed by atoms with E-state index >= 15 is 0 Å². The van der Waals surface area contributed by atoms with Crippen LogP contribution >= 0.6 is 0 Å². The summed E-state index contributed by atoms with van der Waals surface area (Å²) in [4.78, 5) is -0.972. The van der Waals surface area contributed by atoms with Crippen LogP contribution in [0.3, 0.4) is 0 Å². The van der Waals surface area contributed by atoms with E-state index in [0.29, 0.717) is 12.1 Å². The van der Waals surface area contributed by atoms with E-state index < -0.39 is 37.8 Å². The smallest absolute Gasteiger partial charge is 0.243 e. The molecule has 1 aromatic carbocycles. The van der Waals surface area contributed by atoms with Crippen LogP contribution in [0.4, 0.5) is 13.2 Å². The predicted molar refractivity (Wildman–Crippen MR) is 62.4 cm³/mol. The minimum Gasteiger partial charge on any atom is -0.396 e. The molecule has 0 amide bonds. The van der Waals surface area contributed by atoms with Gasteiger partial charge in [0.25, 0.3) is 0 Å². The maximum Gasteiger partial charge on any atom is 0.243 e. The number of nitrogens with one attached hydrogen (secondary N) is 1. The first kappa shape index (κ1) is 15.9. The first-order valence-corrected chi connectivity index (χ1v) is 6.83. The van der Waals surface area contributed by atoms with E-state index in [0.717, 1.165) is 0 Å². The number of halogens is 3. The van der Waals surface area contributed by atoms with Gasteiger partial charge in [0.15, 0.2) is 17.5 Å². The average Bonchev–Trinajstić information content (AvgIpc) is 2.34.